The molecule has 0 saturated heterocycles. The van der Waals surface area contributed by atoms with Gasteiger partial charge in [-0.05, 0) is 24.5 Å². The normalized spacial score (nSPS) is 13.8. The van der Waals surface area contributed by atoms with Gasteiger partial charge in [0.05, 0.1) is 12.0 Å². The summed E-state index contributed by atoms with van der Waals surface area (Å²) in [5.41, 5.74) is -0.113. The van der Waals surface area contributed by atoms with E-state index in [2.05, 4.69) is 0 Å². The van der Waals surface area contributed by atoms with Gasteiger partial charge in [-0.2, -0.15) is 0 Å². The standard InChI is InChI=1S/C18H21NO3/c1-13(2)18(3,17(21)22)15-10-7-11-19(16(15)20)12-14-8-5-4-6-9-14/h4-11,13H,12H2,1-3H3,(H,21,22). The summed E-state index contributed by atoms with van der Waals surface area (Å²) in [6, 6.07) is 13.0. The number of carboxylic acids is 1. The smallest absolute Gasteiger partial charge is 0.314 e. The van der Waals surface area contributed by atoms with Crippen LogP contribution in [0.25, 0.3) is 0 Å². The first-order valence-electron chi connectivity index (χ1n) is 7.34. The monoisotopic (exact) mass is 299 g/mol. The Morgan fingerprint density at radius 2 is 1.82 bits per heavy atom. The Balaban J connectivity index is 2.50. The van der Waals surface area contributed by atoms with E-state index in [9.17, 15) is 14.7 Å². The van der Waals surface area contributed by atoms with Crippen LogP contribution in [-0.2, 0) is 16.8 Å². The first-order chi connectivity index (χ1) is 10.4. The lowest BCUT2D eigenvalue weighted by atomic mass is 9.74. The minimum Gasteiger partial charge on any atom is -0.481 e. The first kappa shape index (κ1) is 16.0. The molecule has 0 bridgehead atoms. The van der Waals surface area contributed by atoms with Crippen molar-refractivity contribution in [2.24, 2.45) is 5.92 Å². The summed E-state index contributed by atoms with van der Waals surface area (Å²) >= 11 is 0. The highest BCUT2D eigenvalue weighted by Gasteiger charge is 2.40. The number of hydrogen-bond acceptors (Lipinski definition) is 2. The maximum Gasteiger partial charge on any atom is 0.314 e. The Morgan fingerprint density at radius 3 is 2.36 bits per heavy atom. The molecule has 0 aliphatic rings. The maximum absolute atomic E-state index is 12.7. The Hall–Kier alpha value is -2.36. The summed E-state index contributed by atoms with van der Waals surface area (Å²) in [6.07, 6.45) is 1.70. The molecule has 1 heterocycles. The van der Waals surface area contributed by atoms with Gasteiger partial charge in [0.1, 0.15) is 0 Å². The number of hydrogen-bond donors (Lipinski definition) is 1. The third-order valence-electron chi connectivity index (χ3n) is 4.37. The molecule has 4 nitrogen and oxygen atoms in total. The van der Waals surface area contributed by atoms with Crippen molar-refractivity contribution in [1.29, 1.82) is 0 Å². The molecule has 0 radical (unpaired) electrons. The van der Waals surface area contributed by atoms with E-state index in [0.717, 1.165) is 5.56 Å². The lowest BCUT2D eigenvalue weighted by Crippen LogP contribution is -2.43. The van der Waals surface area contributed by atoms with Crippen LogP contribution in [0.15, 0.2) is 53.5 Å². The molecule has 1 unspecified atom stereocenters. The van der Waals surface area contributed by atoms with E-state index in [4.69, 9.17) is 0 Å². The second-order valence-electron chi connectivity index (χ2n) is 6.00. The molecule has 2 rings (SSSR count). The highest BCUT2D eigenvalue weighted by molar-refractivity contribution is 5.81. The Kier molecular flexibility index (Phi) is 4.50. The van der Waals surface area contributed by atoms with Crippen LogP contribution in [0.4, 0.5) is 0 Å². The maximum atomic E-state index is 12.7. The van der Waals surface area contributed by atoms with E-state index >= 15 is 0 Å². The average molecular weight is 299 g/mol. The number of nitrogens with zero attached hydrogens (tertiary/aromatic N) is 1. The molecule has 0 saturated carbocycles. The van der Waals surface area contributed by atoms with Gasteiger partial charge in [-0.15, -0.1) is 0 Å². The molecule has 0 fully saturated rings. The van der Waals surface area contributed by atoms with Gasteiger partial charge in [0, 0.05) is 11.8 Å². The van der Waals surface area contributed by atoms with E-state index in [-0.39, 0.29) is 11.5 Å². The van der Waals surface area contributed by atoms with Crippen molar-refractivity contribution in [2.45, 2.75) is 32.7 Å². The number of rotatable bonds is 5. The minimum absolute atomic E-state index is 0.190. The van der Waals surface area contributed by atoms with E-state index < -0.39 is 11.4 Å². The molecule has 1 N–H and O–H groups in total. The van der Waals surface area contributed by atoms with Crippen LogP contribution in [0.2, 0.25) is 0 Å². The van der Waals surface area contributed by atoms with Crippen LogP contribution in [0.3, 0.4) is 0 Å². The van der Waals surface area contributed by atoms with Gasteiger partial charge in [-0.1, -0.05) is 50.2 Å². The molecule has 0 amide bonds. The van der Waals surface area contributed by atoms with Crippen molar-refractivity contribution in [3.63, 3.8) is 0 Å². The third-order valence-corrected chi connectivity index (χ3v) is 4.37. The van der Waals surface area contributed by atoms with Crippen molar-refractivity contribution in [3.8, 4) is 0 Å². The second kappa shape index (κ2) is 6.18. The fraction of sp³-hybridized carbons (Fsp3) is 0.333. The van der Waals surface area contributed by atoms with Gasteiger partial charge in [0.15, 0.2) is 0 Å². The van der Waals surface area contributed by atoms with Crippen LogP contribution in [0.1, 0.15) is 31.9 Å². The fourth-order valence-electron chi connectivity index (χ4n) is 2.51. The van der Waals surface area contributed by atoms with Crippen molar-refractivity contribution in [3.05, 3.63) is 70.1 Å². The Bertz CT molecular complexity index is 719. The molecule has 4 heteroatoms. The Morgan fingerprint density at radius 1 is 1.18 bits per heavy atom. The van der Waals surface area contributed by atoms with Gasteiger partial charge in [0.25, 0.3) is 5.56 Å². The summed E-state index contributed by atoms with van der Waals surface area (Å²) in [7, 11) is 0. The molecule has 22 heavy (non-hydrogen) atoms. The predicted molar refractivity (Wildman–Crippen MR) is 86.1 cm³/mol. The fourth-order valence-corrected chi connectivity index (χ4v) is 2.51. The zero-order valence-electron chi connectivity index (χ0n) is 13.1. The molecule has 1 aromatic heterocycles. The van der Waals surface area contributed by atoms with E-state index in [1.165, 1.54) is 0 Å². The molecule has 1 atom stereocenters. The van der Waals surface area contributed by atoms with Crippen LogP contribution in [0, 0.1) is 5.92 Å². The molecular weight excluding hydrogens is 278 g/mol. The van der Waals surface area contributed by atoms with Crippen LogP contribution < -0.4 is 5.56 Å². The average Bonchev–Trinajstić information content (AvgIpc) is 2.49. The van der Waals surface area contributed by atoms with Gasteiger partial charge < -0.3 is 9.67 Å². The zero-order chi connectivity index (χ0) is 16.3. The van der Waals surface area contributed by atoms with Gasteiger partial charge in [-0.3, -0.25) is 9.59 Å². The Labute approximate surface area is 130 Å². The molecule has 0 spiro atoms. The quantitative estimate of drug-likeness (QED) is 0.923. The number of aromatic nitrogens is 1. The molecule has 1 aromatic carbocycles. The molecule has 0 aliphatic heterocycles. The molecule has 116 valence electrons. The summed E-state index contributed by atoms with van der Waals surface area (Å²) in [6.45, 7) is 5.69. The van der Waals surface area contributed by atoms with Gasteiger partial charge in [0.2, 0.25) is 0 Å². The SMILES string of the molecule is CC(C)C(C)(C(=O)O)c1cccn(Cc2ccccc2)c1=O. The topological polar surface area (TPSA) is 59.3 Å². The lowest BCUT2D eigenvalue weighted by Gasteiger charge is -2.29. The van der Waals surface area contributed by atoms with Crippen LogP contribution in [0.5, 0.6) is 0 Å². The predicted octanol–water partition coefficient (Wildman–Crippen LogP) is 2.89. The van der Waals surface area contributed by atoms with Crippen molar-refractivity contribution < 1.29 is 9.90 Å². The number of carbonyl (C=O) groups is 1. The van der Waals surface area contributed by atoms with Gasteiger partial charge in [-0.25, -0.2) is 0 Å². The summed E-state index contributed by atoms with van der Waals surface area (Å²) < 4.78 is 1.56. The van der Waals surface area contributed by atoms with Crippen molar-refractivity contribution >= 4 is 5.97 Å². The number of aliphatic carboxylic acids is 1. The lowest BCUT2D eigenvalue weighted by molar-refractivity contribution is -0.145. The minimum atomic E-state index is -1.20. The summed E-state index contributed by atoms with van der Waals surface area (Å²) in [4.78, 5) is 24.5. The van der Waals surface area contributed by atoms with E-state index in [1.54, 1.807) is 29.8 Å². The van der Waals surface area contributed by atoms with E-state index in [0.29, 0.717) is 12.1 Å². The summed E-state index contributed by atoms with van der Waals surface area (Å²) in [5.74, 6) is -1.16. The second-order valence-corrected chi connectivity index (χ2v) is 6.00. The first-order valence-corrected chi connectivity index (χ1v) is 7.34. The van der Waals surface area contributed by atoms with Crippen molar-refractivity contribution in [1.82, 2.24) is 4.57 Å². The molecule has 0 aliphatic carbocycles. The van der Waals surface area contributed by atoms with Gasteiger partial charge >= 0.3 is 5.97 Å². The summed E-state index contributed by atoms with van der Waals surface area (Å²) in [5, 5.41) is 9.61. The highest BCUT2D eigenvalue weighted by atomic mass is 16.4. The zero-order valence-corrected chi connectivity index (χ0v) is 13.1. The molecule has 2 aromatic rings. The number of benzene rings is 1. The van der Waals surface area contributed by atoms with E-state index in [1.807, 2.05) is 44.2 Å². The van der Waals surface area contributed by atoms with Crippen LogP contribution in [-0.4, -0.2) is 15.6 Å². The number of pyridine rings is 1. The highest BCUT2D eigenvalue weighted by Crippen LogP contribution is 2.30. The van der Waals surface area contributed by atoms with Crippen LogP contribution >= 0.6 is 0 Å². The largest absolute Gasteiger partial charge is 0.481 e. The third kappa shape index (κ3) is 2.82. The van der Waals surface area contributed by atoms with Crippen molar-refractivity contribution in [2.75, 3.05) is 0 Å². The molecular formula is C18H21NO3. The number of carboxylic acid groups (broad SMARTS) is 1.